The van der Waals surface area contributed by atoms with Crippen LogP contribution in [0.2, 0.25) is 0 Å². The monoisotopic (exact) mass is 224 g/mol. The van der Waals surface area contributed by atoms with Crippen molar-refractivity contribution >= 4 is 0 Å². The van der Waals surface area contributed by atoms with Crippen LogP contribution < -0.4 is 0 Å². The van der Waals surface area contributed by atoms with Gasteiger partial charge >= 0.3 is 0 Å². The predicted octanol–water partition coefficient (Wildman–Crippen LogP) is 6.19. The quantitative estimate of drug-likeness (QED) is 0.466. The summed E-state index contributed by atoms with van der Waals surface area (Å²) in [5.74, 6) is 0. The Labute approximate surface area is 104 Å². The van der Waals surface area contributed by atoms with Crippen LogP contribution in [-0.2, 0) is 0 Å². The maximum absolute atomic E-state index is 3.84. The summed E-state index contributed by atoms with van der Waals surface area (Å²) >= 11 is 0. The number of allylic oxidation sites excluding steroid dienone is 2. The van der Waals surface area contributed by atoms with Crippen LogP contribution in [0.25, 0.3) is 0 Å². The van der Waals surface area contributed by atoms with E-state index in [1.54, 1.807) is 0 Å². The van der Waals surface area contributed by atoms with Crippen LogP contribution in [0.5, 0.6) is 0 Å². The van der Waals surface area contributed by atoms with Gasteiger partial charge in [0.2, 0.25) is 0 Å². The zero-order valence-electron chi connectivity index (χ0n) is 12.4. The van der Waals surface area contributed by atoms with Gasteiger partial charge < -0.3 is 0 Å². The second kappa shape index (κ2) is 16.4. The molecular formula is C16H32. The van der Waals surface area contributed by atoms with E-state index in [4.69, 9.17) is 0 Å². The first-order valence-electron chi connectivity index (χ1n) is 5.41. The first kappa shape index (κ1) is 24.3. The Hall–Kier alpha value is -1.04. The summed E-state index contributed by atoms with van der Waals surface area (Å²) in [5.41, 5.74) is 2.86. The van der Waals surface area contributed by atoms with Gasteiger partial charge in [-0.3, -0.25) is 0 Å². The topological polar surface area (TPSA) is 0 Å². The lowest BCUT2D eigenvalue weighted by Gasteiger charge is -2.17. The molecule has 0 aromatic rings. The molecule has 0 heteroatoms. The molecule has 0 aromatic heterocycles. The normalized spacial score (nSPS) is 7.88. The lowest BCUT2D eigenvalue weighted by atomic mass is 9.89. The molecule has 0 bridgehead atoms. The molecule has 0 unspecified atom stereocenters. The Balaban J connectivity index is -0.0000000761. The molecule has 0 saturated carbocycles. The van der Waals surface area contributed by atoms with Crippen LogP contribution in [0.4, 0.5) is 0 Å². The summed E-state index contributed by atoms with van der Waals surface area (Å²) in [6.07, 6.45) is 1.13. The number of hydrogen-bond acceptors (Lipinski definition) is 0. The molecule has 0 amide bonds. The van der Waals surface area contributed by atoms with E-state index in [2.05, 4.69) is 67.2 Å². The van der Waals surface area contributed by atoms with Crippen molar-refractivity contribution in [1.29, 1.82) is 0 Å². The highest BCUT2D eigenvalue weighted by Crippen LogP contribution is 2.22. The van der Waals surface area contributed by atoms with Gasteiger partial charge in [-0.2, -0.15) is 0 Å². The van der Waals surface area contributed by atoms with Gasteiger partial charge in [-0.15, -0.1) is 39.5 Å². The Morgan fingerprint density at radius 1 is 0.812 bits per heavy atom. The number of hydrogen-bond donors (Lipinski definition) is 0. The molecule has 0 heterocycles. The van der Waals surface area contributed by atoms with Crippen LogP contribution in [0.15, 0.2) is 50.6 Å². The van der Waals surface area contributed by atoms with Gasteiger partial charge in [-0.25, -0.2) is 0 Å². The van der Waals surface area contributed by atoms with Gasteiger partial charge in [0.15, 0.2) is 0 Å². The van der Waals surface area contributed by atoms with Crippen molar-refractivity contribution in [1.82, 2.24) is 0 Å². The molecule has 0 aliphatic rings. The van der Waals surface area contributed by atoms with Gasteiger partial charge in [0.25, 0.3) is 0 Å². The molecule has 0 fully saturated rings. The molecule has 16 heavy (non-hydrogen) atoms. The summed E-state index contributed by atoms with van der Waals surface area (Å²) in [6.45, 7) is 32.1. The summed E-state index contributed by atoms with van der Waals surface area (Å²) < 4.78 is 0. The molecular weight excluding hydrogens is 192 g/mol. The highest BCUT2D eigenvalue weighted by molar-refractivity contribution is 4.91. The first-order valence-corrected chi connectivity index (χ1v) is 5.41. The van der Waals surface area contributed by atoms with Gasteiger partial charge in [0.05, 0.1) is 0 Å². The van der Waals surface area contributed by atoms with E-state index in [1.807, 2.05) is 13.8 Å². The smallest absolute Gasteiger partial charge is 0.0277 e. The van der Waals surface area contributed by atoms with Crippen LogP contribution in [0, 0.1) is 5.41 Å². The molecule has 0 saturated heterocycles. The Morgan fingerprint density at radius 2 is 1.00 bits per heavy atom. The Morgan fingerprint density at radius 3 is 1.00 bits per heavy atom. The maximum atomic E-state index is 3.84. The molecule has 0 nitrogen and oxygen atoms in total. The van der Waals surface area contributed by atoms with E-state index in [0.29, 0.717) is 5.41 Å². The summed E-state index contributed by atoms with van der Waals surface area (Å²) in [6, 6.07) is 0. The predicted molar refractivity (Wildman–Crippen MR) is 81.9 cm³/mol. The lowest BCUT2D eigenvalue weighted by molar-refractivity contribution is 0.410. The van der Waals surface area contributed by atoms with E-state index >= 15 is 0 Å². The number of rotatable bonds is 1. The zero-order chi connectivity index (χ0) is 14.4. The third kappa shape index (κ3) is 118. The third-order valence-electron chi connectivity index (χ3n) is 0.832. The van der Waals surface area contributed by atoms with Crippen molar-refractivity contribution in [3.63, 3.8) is 0 Å². The fourth-order valence-electron chi connectivity index (χ4n) is 0.905. The minimum atomic E-state index is 0.422. The molecule has 0 atom stereocenters. The Kier molecular flexibility index (Phi) is 24.9. The first-order chi connectivity index (χ1) is 7.15. The van der Waals surface area contributed by atoms with Crippen molar-refractivity contribution in [2.45, 2.75) is 48.0 Å². The standard InChI is InChI=1S/C8H16.C4H8.2C2H4/c1-7(2)6-8(3,4)5;1-4(2)3;2*1-2/h1,6H2,2-5H3;1H2,2-3H3;2*1-2H2. The van der Waals surface area contributed by atoms with E-state index in [1.165, 1.54) is 11.1 Å². The maximum Gasteiger partial charge on any atom is -0.0277 e. The average Bonchev–Trinajstić information content (AvgIpc) is 2.06. The summed E-state index contributed by atoms with van der Waals surface area (Å²) in [4.78, 5) is 0. The van der Waals surface area contributed by atoms with Crippen LogP contribution in [0.1, 0.15) is 48.0 Å². The highest BCUT2D eigenvalue weighted by atomic mass is 14.1. The van der Waals surface area contributed by atoms with Crippen LogP contribution in [-0.4, -0.2) is 0 Å². The van der Waals surface area contributed by atoms with Gasteiger partial charge in [0.1, 0.15) is 0 Å². The van der Waals surface area contributed by atoms with E-state index < -0.39 is 0 Å². The zero-order valence-corrected chi connectivity index (χ0v) is 12.4. The molecule has 0 aromatic carbocycles. The molecule has 0 rings (SSSR count). The molecule has 0 N–H and O–H groups in total. The van der Waals surface area contributed by atoms with Crippen LogP contribution in [0.3, 0.4) is 0 Å². The van der Waals surface area contributed by atoms with E-state index in [0.717, 1.165) is 6.42 Å². The molecule has 0 aliphatic heterocycles. The second-order valence-electron chi connectivity index (χ2n) is 4.90. The van der Waals surface area contributed by atoms with Crippen molar-refractivity contribution in [2.24, 2.45) is 5.41 Å². The van der Waals surface area contributed by atoms with Gasteiger partial charge in [-0.05, 0) is 32.6 Å². The van der Waals surface area contributed by atoms with Crippen molar-refractivity contribution in [2.75, 3.05) is 0 Å². The van der Waals surface area contributed by atoms with Crippen molar-refractivity contribution < 1.29 is 0 Å². The summed E-state index contributed by atoms with van der Waals surface area (Å²) in [5, 5.41) is 0. The second-order valence-corrected chi connectivity index (χ2v) is 4.90. The fraction of sp³-hybridized carbons (Fsp3) is 0.500. The van der Waals surface area contributed by atoms with Crippen molar-refractivity contribution in [3.8, 4) is 0 Å². The Bertz CT molecular complexity index is 161. The van der Waals surface area contributed by atoms with Gasteiger partial charge in [0, 0.05) is 0 Å². The molecule has 0 aliphatic carbocycles. The minimum absolute atomic E-state index is 0.422. The lowest BCUT2D eigenvalue weighted by Crippen LogP contribution is -2.03. The van der Waals surface area contributed by atoms with Crippen molar-refractivity contribution in [3.05, 3.63) is 50.6 Å². The van der Waals surface area contributed by atoms with Gasteiger partial charge in [-0.1, -0.05) is 31.9 Å². The molecule has 0 spiro atoms. The minimum Gasteiger partial charge on any atom is -0.106 e. The fourth-order valence-corrected chi connectivity index (χ4v) is 0.905. The highest BCUT2D eigenvalue weighted by Gasteiger charge is 2.08. The third-order valence-corrected chi connectivity index (χ3v) is 0.832. The average molecular weight is 224 g/mol. The molecule has 0 radical (unpaired) electrons. The van der Waals surface area contributed by atoms with E-state index in [9.17, 15) is 0 Å². The van der Waals surface area contributed by atoms with Crippen LogP contribution >= 0.6 is 0 Å². The largest absolute Gasteiger partial charge is 0.106 e. The van der Waals surface area contributed by atoms with E-state index in [-0.39, 0.29) is 0 Å². The summed E-state index contributed by atoms with van der Waals surface area (Å²) in [7, 11) is 0. The SMILES string of the molecule is C=C.C=C.C=C(C)C.C=C(C)CC(C)(C)C. The molecule has 96 valence electrons.